The normalized spacial score (nSPS) is 12.7. The zero-order chi connectivity index (χ0) is 14.0. The van der Waals surface area contributed by atoms with Gasteiger partial charge in [0.25, 0.3) is 0 Å². The molecule has 0 radical (unpaired) electrons. The van der Waals surface area contributed by atoms with Crippen LogP contribution >= 0.6 is 0 Å². The van der Waals surface area contributed by atoms with E-state index in [1.165, 1.54) is 6.07 Å². The SMILES string of the molecule is CCCn1ncc(-c2cc(C(C)N)ccc2F)c1C. The molecule has 19 heavy (non-hydrogen) atoms. The van der Waals surface area contributed by atoms with Crippen LogP contribution in [0.2, 0.25) is 0 Å². The Morgan fingerprint density at radius 2 is 2.11 bits per heavy atom. The highest BCUT2D eigenvalue weighted by Crippen LogP contribution is 2.28. The number of nitrogens with zero attached hydrogens (tertiary/aromatic N) is 2. The first-order valence-corrected chi connectivity index (χ1v) is 6.62. The van der Waals surface area contributed by atoms with Gasteiger partial charge in [0.05, 0.1) is 6.20 Å². The molecule has 0 aliphatic carbocycles. The molecule has 1 unspecified atom stereocenters. The third kappa shape index (κ3) is 2.68. The zero-order valence-electron chi connectivity index (χ0n) is 11.7. The van der Waals surface area contributed by atoms with Crippen molar-refractivity contribution in [3.8, 4) is 11.1 Å². The van der Waals surface area contributed by atoms with Gasteiger partial charge >= 0.3 is 0 Å². The van der Waals surface area contributed by atoms with E-state index in [2.05, 4.69) is 12.0 Å². The molecule has 1 atom stereocenters. The van der Waals surface area contributed by atoms with E-state index >= 15 is 0 Å². The molecule has 0 spiro atoms. The summed E-state index contributed by atoms with van der Waals surface area (Å²) in [6.45, 7) is 6.80. The van der Waals surface area contributed by atoms with Crippen molar-refractivity contribution in [1.29, 1.82) is 0 Å². The largest absolute Gasteiger partial charge is 0.324 e. The van der Waals surface area contributed by atoms with E-state index in [0.29, 0.717) is 5.56 Å². The highest BCUT2D eigenvalue weighted by Gasteiger charge is 2.13. The molecule has 2 rings (SSSR count). The lowest BCUT2D eigenvalue weighted by molar-refractivity contribution is 0.587. The quantitative estimate of drug-likeness (QED) is 0.916. The van der Waals surface area contributed by atoms with Crippen LogP contribution < -0.4 is 5.73 Å². The molecule has 0 fully saturated rings. The van der Waals surface area contributed by atoms with Gasteiger partial charge in [-0.15, -0.1) is 0 Å². The third-order valence-electron chi connectivity index (χ3n) is 3.34. The molecular weight excluding hydrogens is 241 g/mol. The number of aromatic nitrogens is 2. The van der Waals surface area contributed by atoms with Crippen molar-refractivity contribution in [2.24, 2.45) is 5.73 Å². The minimum atomic E-state index is -0.233. The number of aryl methyl sites for hydroxylation is 1. The Kier molecular flexibility index (Phi) is 4.00. The van der Waals surface area contributed by atoms with Crippen molar-refractivity contribution < 1.29 is 4.39 Å². The van der Waals surface area contributed by atoms with Gasteiger partial charge in [0.15, 0.2) is 0 Å². The third-order valence-corrected chi connectivity index (χ3v) is 3.34. The molecule has 0 bridgehead atoms. The van der Waals surface area contributed by atoms with Gasteiger partial charge in [-0.05, 0) is 38.0 Å². The van der Waals surface area contributed by atoms with Crippen LogP contribution in [0.1, 0.15) is 37.6 Å². The Morgan fingerprint density at radius 3 is 2.74 bits per heavy atom. The van der Waals surface area contributed by atoms with Crippen LogP contribution in [0.5, 0.6) is 0 Å². The van der Waals surface area contributed by atoms with Gasteiger partial charge in [0.2, 0.25) is 0 Å². The van der Waals surface area contributed by atoms with Crippen LogP contribution in [-0.2, 0) is 6.54 Å². The van der Waals surface area contributed by atoms with E-state index < -0.39 is 0 Å². The molecule has 1 aromatic heterocycles. The predicted molar refractivity (Wildman–Crippen MR) is 75.3 cm³/mol. The summed E-state index contributed by atoms with van der Waals surface area (Å²) in [7, 11) is 0. The molecule has 0 aliphatic rings. The second kappa shape index (κ2) is 5.53. The summed E-state index contributed by atoms with van der Waals surface area (Å²) in [6.07, 6.45) is 2.73. The lowest BCUT2D eigenvalue weighted by atomic mass is 10.0. The fourth-order valence-electron chi connectivity index (χ4n) is 2.18. The average Bonchev–Trinajstić information content (AvgIpc) is 2.72. The summed E-state index contributed by atoms with van der Waals surface area (Å²) in [5, 5.41) is 4.32. The topological polar surface area (TPSA) is 43.8 Å². The first-order valence-electron chi connectivity index (χ1n) is 6.62. The van der Waals surface area contributed by atoms with Crippen molar-refractivity contribution in [2.75, 3.05) is 0 Å². The Labute approximate surface area is 113 Å². The molecule has 102 valence electrons. The molecule has 2 N–H and O–H groups in total. The van der Waals surface area contributed by atoms with E-state index in [0.717, 1.165) is 29.8 Å². The van der Waals surface area contributed by atoms with E-state index in [-0.39, 0.29) is 11.9 Å². The second-order valence-electron chi connectivity index (χ2n) is 4.89. The van der Waals surface area contributed by atoms with E-state index in [9.17, 15) is 4.39 Å². The fraction of sp³-hybridized carbons (Fsp3) is 0.400. The predicted octanol–water partition coefficient (Wildman–Crippen LogP) is 3.43. The molecule has 4 heteroatoms. The number of hydrogen-bond acceptors (Lipinski definition) is 2. The molecule has 3 nitrogen and oxygen atoms in total. The molecule has 1 heterocycles. The van der Waals surface area contributed by atoms with Crippen LogP contribution in [0.25, 0.3) is 11.1 Å². The van der Waals surface area contributed by atoms with Crippen LogP contribution in [0.3, 0.4) is 0 Å². The highest BCUT2D eigenvalue weighted by molar-refractivity contribution is 5.66. The van der Waals surface area contributed by atoms with E-state index in [1.807, 2.05) is 24.6 Å². The van der Waals surface area contributed by atoms with E-state index in [4.69, 9.17) is 5.73 Å². The summed E-state index contributed by atoms with van der Waals surface area (Å²) >= 11 is 0. The van der Waals surface area contributed by atoms with Gasteiger partial charge in [-0.3, -0.25) is 4.68 Å². The van der Waals surface area contributed by atoms with Crippen molar-refractivity contribution in [1.82, 2.24) is 9.78 Å². The van der Waals surface area contributed by atoms with Gasteiger partial charge in [-0.1, -0.05) is 13.0 Å². The maximum Gasteiger partial charge on any atom is 0.131 e. The number of benzene rings is 1. The number of rotatable bonds is 4. The molecule has 0 aliphatic heterocycles. The van der Waals surface area contributed by atoms with Crippen LogP contribution in [0.15, 0.2) is 24.4 Å². The van der Waals surface area contributed by atoms with Crippen molar-refractivity contribution in [2.45, 2.75) is 39.8 Å². The summed E-state index contributed by atoms with van der Waals surface area (Å²) in [4.78, 5) is 0. The highest BCUT2D eigenvalue weighted by atomic mass is 19.1. The number of halogens is 1. The Balaban J connectivity index is 2.49. The summed E-state index contributed by atoms with van der Waals surface area (Å²) in [5.74, 6) is -0.233. The van der Waals surface area contributed by atoms with Gasteiger partial charge in [-0.2, -0.15) is 5.10 Å². The molecule has 2 aromatic rings. The van der Waals surface area contributed by atoms with Crippen molar-refractivity contribution in [3.63, 3.8) is 0 Å². The fourth-order valence-corrected chi connectivity index (χ4v) is 2.18. The maximum absolute atomic E-state index is 14.0. The molecule has 0 saturated heterocycles. The van der Waals surface area contributed by atoms with Crippen molar-refractivity contribution in [3.05, 3.63) is 41.5 Å². The van der Waals surface area contributed by atoms with Crippen molar-refractivity contribution >= 4 is 0 Å². The molecule has 0 amide bonds. The standard InChI is InChI=1S/C15H20FN3/c1-4-7-19-11(3)14(9-18-19)13-8-12(10(2)17)5-6-15(13)16/h5-6,8-10H,4,7,17H2,1-3H3. The smallest absolute Gasteiger partial charge is 0.131 e. The van der Waals surface area contributed by atoms with Crippen LogP contribution in [-0.4, -0.2) is 9.78 Å². The molecular formula is C15H20FN3. The van der Waals surface area contributed by atoms with E-state index in [1.54, 1.807) is 12.3 Å². The molecule has 1 aromatic carbocycles. The Bertz CT molecular complexity index is 573. The summed E-state index contributed by atoms with van der Waals surface area (Å²) < 4.78 is 15.9. The minimum Gasteiger partial charge on any atom is -0.324 e. The Morgan fingerprint density at radius 1 is 1.37 bits per heavy atom. The maximum atomic E-state index is 14.0. The van der Waals surface area contributed by atoms with Crippen LogP contribution in [0.4, 0.5) is 4.39 Å². The number of hydrogen-bond donors (Lipinski definition) is 1. The van der Waals surface area contributed by atoms with Gasteiger partial charge < -0.3 is 5.73 Å². The summed E-state index contributed by atoms with van der Waals surface area (Å²) in [6, 6.07) is 4.92. The molecule has 0 saturated carbocycles. The monoisotopic (exact) mass is 261 g/mol. The van der Waals surface area contributed by atoms with Crippen LogP contribution in [0, 0.1) is 12.7 Å². The number of nitrogens with two attached hydrogens (primary N) is 1. The second-order valence-corrected chi connectivity index (χ2v) is 4.89. The van der Waals surface area contributed by atoms with Gasteiger partial charge in [-0.25, -0.2) is 4.39 Å². The zero-order valence-corrected chi connectivity index (χ0v) is 11.7. The minimum absolute atomic E-state index is 0.106. The lowest BCUT2D eigenvalue weighted by Crippen LogP contribution is -2.05. The van der Waals surface area contributed by atoms with Gasteiger partial charge in [0, 0.05) is 29.4 Å². The lowest BCUT2D eigenvalue weighted by Gasteiger charge is -2.10. The van der Waals surface area contributed by atoms with Gasteiger partial charge in [0.1, 0.15) is 5.82 Å². The Hall–Kier alpha value is -1.68. The first kappa shape index (κ1) is 13.7. The first-order chi connectivity index (χ1) is 9.04. The average molecular weight is 261 g/mol. The summed E-state index contributed by atoms with van der Waals surface area (Å²) in [5.41, 5.74) is 9.20.